The fraction of sp³-hybridized carbons (Fsp3) is 0.600. The molecule has 1 heterocycles. The topological polar surface area (TPSA) is 108 Å². The minimum Gasteiger partial charge on any atom is -0.332 e. The number of hydrogen-bond donors (Lipinski definition) is 2. The molecule has 2 rings (SSSR count). The van der Waals surface area contributed by atoms with E-state index in [0.717, 1.165) is 10.9 Å². The molecule has 2 N–H and O–H groups in total. The summed E-state index contributed by atoms with van der Waals surface area (Å²) in [5.41, 5.74) is 0.218. The highest BCUT2D eigenvalue weighted by molar-refractivity contribution is 7.54. The number of nitrogens with one attached hydrogen (secondary N) is 1. The monoisotopic (exact) mass is 476 g/mol. The molecule has 0 saturated heterocycles. The van der Waals surface area contributed by atoms with E-state index in [1.54, 1.807) is 27.7 Å². The van der Waals surface area contributed by atoms with Crippen LogP contribution in [0.4, 0.5) is 0 Å². The Morgan fingerprint density at radius 2 is 1.61 bits per heavy atom. The Kier molecular flexibility index (Phi) is 9.93. The maximum Gasteiger partial charge on any atom is 0.472 e. The SMILES string of the molecule is CCOP(=O)(O)OC(C)C(CNC(C)n1ccc2ccccc21)P(=O)(OCC)OCC. The lowest BCUT2D eigenvalue weighted by molar-refractivity contribution is 0.103. The first kappa shape index (κ1) is 26.2. The molecule has 4 unspecified atom stereocenters. The summed E-state index contributed by atoms with van der Waals surface area (Å²) in [6.07, 6.45) is 0.880. The highest BCUT2D eigenvalue weighted by atomic mass is 31.2. The minimum absolute atomic E-state index is 0.00966. The van der Waals surface area contributed by atoms with Crippen molar-refractivity contribution in [2.24, 2.45) is 0 Å². The van der Waals surface area contributed by atoms with Crippen LogP contribution >= 0.6 is 15.4 Å². The number of para-hydroxylation sites is 1. The second kappa shape index (κ2) is 11.7. The third-order valence-electron chi connectivity index (χ3n) is 4.83. The number of nitrogens with zero attached hydrogens (tertiary/aromatic N) is 1. The van der Waals surface area contributed by atoms with E-state index >= 15 is 0 Å². The Labute approximate surface area is 184 Å². The third-order valence-corrected chi connectivity index (χ3v) is 8.66. The van der Waals surface area contributed by atoms with Gasteiger partial charge in [-0.15, -0.1) is 0 Å². The molecule has 0 aliphatic heterocycles. The summed E-state index contributed by atoms with van der Waals surface area (Å²) in [7, 11) is -7.96. The lowest BCUT2D eigenvalue weighted by Gasteiger charge is -2.32. The van der Waals surface area contributed by atoms with E-state index in [1.807, 2.05) is 43.5 Å². The van der Waals surface area contributed by atoms with Gasteiger partial charge in [-0.3, -0.25) is 18.9 Å². The van der Waals surface area contributed by atoms with Gasteiger partial charge < -0.3 is 18.5 Å². The van der Waals surface area contributed by atoms with Crippen LogP contribution in [0.1, 0.15) is 40.8 Å². The summed E-state index contributed by atoms with van der Waals surface area (Å²) in [4.78, 5) is 9.92. The molecule has 1 aromatic carbocycles. The number of hydrogen-bond acceptors (Lipinski definition) is 7. The van der Waals surface area contributed by atoms with Crippen molar-refractivity contribution in [3.05, 3.63) is 36.5 Å². The van der Waals surface area contributed by atoms with Crippen LogP contribution in [0.2, 0.25) is 0 Å². The number of rotatable bonds is 14. The first-order valence-corrected chi connectivity index (χ1v) is 13.6. The van der Waals surface area contributed by atoms with Crippen molar-refractivity contribution >= 4 is 26.3 Å². The Balaban J connectivity index is 2.24. The normalized spacial score (nSPS) is 17.4. The van der Waals surface area contributed by atoms with Crippen molar-refractivity contribution in [2.45, 2.75) is 52.5 Å². The molecule has 0 amide bonds. The van der Waals surface area contributed by atoms with Gasteiger partial charge in [0.15, 0.2) is 0 Å². The van der Waals surface area contributed by atoms with Crippen molar-refractivity contribution in [2.75, 3.05) is 26.4 Å². The molecule has 2 aromatic rings. The Bertz CT molecular complexity index is 910. The van der Waals surface area contributed by atoms with E-state index in [2.05, 4.69) is 9.88 Å². The second-order valence-corrected chi connectivity index (χ2v) is 10.7. The number of fused-ring (bicyclic) bond motifs is 1. The molecular weight excluding hydrogens is 442 g/mol. The van der Waals surface area contributed by atoms with Gasteiger partial charge in [0.2, 0.25) is 0 Å². The van der Waals surface area contributed by atoms with Crippen molar-refractivity contribution in [1.29, 1.82) is 0 Å². The summed E-state index contributed by atoms with van der Waals surface area (Å²) in [6, 6.07) is 10.0. The van der Waals surface area contributed by atoms with Crippen LogP contribution in [0, 0.1) is 0 Å². The van der Waals surface area contributed by atoms with Crippen molar-refractivity contribution in [3.63, 3.8) is 0 Å². The molecular formula is C20H34N2O7P2. The molecule has 0 spiro atoms. The Morgan fingerprint density at radius 3 is 2.23 bits per heavy atom. The van der Waals surface area contributed by atoms with E-state index in [-0.39, 0.29) is 32.5 Å². The second-order valence-electron chi connectivity index (χ2n) is 7.01. The molecule has 0 aliphatic rings. The molecule has 0 bridgehead atoms. The van der Waals surface area contributed by atoms with E-state index < -0.39 is 27.2 Å². The van der Waals surface area contributed by atoms with Gasteiger partial charge in [0, 0.05) is 18.3 Å². The maximum atomic E-state index is 13.5. The number of benzene rings is 1. The lowest BCUT2D eigenvalue weighted by Crippen LogP contribution is -2.39. The summed E-state index contributed by atoms with van der Waals surface area (Å²) < 4.78 is 48.9. The zero-order valence-electron chi connectivity index (χ0n) is 18.8. The van der Waals surface area contributed by atoms with Crippen molar-refractivity contribution in [3.8, 4) is 0 Å². The Hall–Kier alpha value is -1.02. The first-order chi connectivity index (χ1) is 14.7. The van der Waals surface area contributed by atoms with Gasteiger partial charge in [-0.25, -0.2) is 4.57 Å². The quantitative estimate of drug-likeness (QED) is 0.370. The molecule has 9 nitrogen and oxygen atoms in total. The largest absolute Gasteiger partial charge is 0.472 e. The summed E-state index contributed by atoms with van der Waals surface area (Å²) in [6.45, 7) is 9.06. The summed E-state index contributed by atoms with van der Waals surface area (Å²) in [5, 5.41) is 4.45. The van der Waals surface area contributed by atoms with Crippen LogP contribution in [0.25, 0.3) is 10.9 Å². The number of phosphoric acid groups is 1. The molecule has 11 heteroatoms. The highest BCUT2D eigenvalue weighted by Crippen LogP contribution is 2.57. The van der Waals surface area contributed by atoms with Gasteiger partial charge in [-0.05, 0) is 52.1 Å². The molecule has 1 aromatic heterocycles. The van der Waals surface area contributed by atoms with Crippen LogP contribution in [-0.2, 0) is 27.2 Å². The third kappa shape index (κ3) is 6.98. The Morgan fingerprint density at radius 1 is 1.00 bits per heavy atom. The smallest absolute Gasteiger partial charge is 0.332 e. The lowest BCUT2D eigenvalue weighted by atomic mass is 10.2. The van der Waals surface area contributed by atoms with Gasteiger partial charge in [0.1, 0.15) is 5.66 Å². The summed E-state index contributed by atoms with van der Waals surface area (Å²) in [5.74, 6) is 0. The average molecular weight is 476 g/mol. The maximum absolute atomic E-state index is 13.5. The van der Waals surface area contributed by atoms with Crippen molar-refractivity contribution in [1.82, 2.24) is 9.88 Å². The van der Waals surface area contributed by atoms with Gasteiger partial charge in [0.25, 0.3) is 0 Å². The van der Waals surface area contributed by atoms with E-state index in [0.29, 0.717) is 0 Å². The minimum atomic E-state index is -4.30. The van der Waals surface area contributed by atoms with Gasteiger partial charge in [0.05, 0.1) is 32.1 Å². The molecule has 0 radical (unpaired) electrons. The molecule has 0 aliphatic carbocycles. The first-order valence-electron chi connectivity index (χ1n) is 10.5. The van der Waals surface area contributed by atoms with Gasteiger partial charge in [-0.2, -0.15) is 0 Å². The fourth-order valence-corrected chi connectivity index (χ4v) is 6.56. The standard InChI is InChI=1S/C20H34N2O7P2/c1-6-26-30(23,27-7-2)20(16(4)29-31(24,25)28-8-3)15-21-17(5)22-14-13-18-11-9-10-12-19(18)22/h9-14,16-17,20-21H,6-8,15H2,1-5H3,(H,24,25). The van der Waals surface area contributed by atoms with E-state index in [4.69, 9.17) is 18.1 Å². The molecule has 31 heavy (non-hydrogen) atoms. The zero-order chi connectivity index (χ0) is 23.1. The summed E-state index contributed by atoms with van der Waals surface area (Å²) >= 11 is 0. The van der Waals surface area contributed by atoms with E-state index in [1.165, 1.54) is 0 Å². The van der Waals surface area contributed by atoms with Crippen molar-refractivity contribution < 1.29 is 32.1 Å². The molecule has 0 saturated carbocycles. The fourth-order valence-electron chi connectivity index (χ4n) is 3.43. The van der Waals surface area contributed by atoms with Crippen LogP contribution in [0.5, 0.6) is 0 Å². The molecule has 0 fully saturated rings. The van der Waals surface area contributed by atoms with Gasteiger partial charge >= 0.3 is 15.4 Å². The van der Waals surface area contributed by atoms with Crippen LogP contribution in [0.15, 0.2) is 36.5 Å². The number of aromatic nitrogens is 1. The molecule has 4 atom stereocenters. The highest BCUT2D eigenvalue weighted by Gasteiger charge is 2.42. The average Bonchev–Trinajstić information content (AvgIpc) is 3.12. The van der Waals surface area contributed by atoms with Crippen LogP contribution in [0.3, 0.4) is 0 Å². The van der Waals surface area contributed by atoms with Crippen LogP contribution in [-0.4, -0.2) is 47.6 Å². The number of phosphoric ester groups is 1. The van der Waals surface area contributed by atoms with E-state index in [9.17, 15) is 14.0 Å². The van der Waals surface area contributed by atoms with Crippen LogP contribution < -0.4 is 5.32 Å². The predicted molar refractivity (Wildman–Crippen MR) is 121 cm³/mol. The zero-order valence-corrected chi connectivity index (χ0v) is 20.6. The molecule has 176 valence electrons. The van der Waals surface area contributed by atoms with Gasteiger partial charge in [-0.1, -0.05) is 18.2 Å². The predicted octanol–water partition coefficient (Wildman–Crippen LogP) is 4.93.